The topological polar surface area (TPSA) is 21.3 Å². The van der Waals surface area contributed by atoms with Crippen LogP contribution in [0.3, 0.4) is 0 Å². The highest BCUT2D eigenvalue weighted by atomic mass is 15.2. The Hall–Kier alpha value is -11.1. The lowest BCUT2D eigenvalue weighted by Crippen LogP contribution is -2.61. The van der Waals surface area contributed by atoms with Gasteiger partial charge in [-0.25, -0.2) is 0 Å². The Morgan fingerprint density at radius 1 is 0.202 bits per heavy atom. The minimum atomic E-state index is -0.149. The molecule has 5 heterocycles. The Bertz CT molecular complexity index is 5170. The van der Waals surface area contributed by atoms with Crippen molar-refractivity contribution in [2.75, 3.05) is 9.80 Å². The average Bonchev–Trinajstić information content (AvgIpc) is 1.05. The van der Waals surface area contributed by atoms with Crippen molar-refractivity contribution in [3.8, 4) is 39.3 Å². The summed E-state index contributed by atoms with van der Waals surface area (Å²) in [5, 5.41) is 7.49. The molecule has 0 saturated heterocycles. The maximum absolute atomic E-state index is 2.53. The highest BCUT2D eigenvalue weighted by molar-refractivity contribution is 7.00. The molecule has 0 atom stereocenters. The minimum absolute atomic E-state index is 0.149. The lowest BCUT2D eigenvalue weighted by Gasteiger charge is -2.44. The number of hydrogen-bond acceptors (Lipinski definition) is 2. The van der Waals surface area contributed by atoms with E-state index in [1.807, 2.05) is 0 Å². The van der Waals surface area contributed by atoms with E-state index < -0.39 is 0 Å². The first-order valence-electron chi connectivity index (χ1n) is 29.0. The summed E-state index contributed by atoms with van der Waals surface area (Å²) in [6.45, 7) is -0.149. The molecule has 0 radical (unpaired) electrons. The zero-order valence-electron chi connectivity index (χ0n) is 45.7. The molecule has 0 N–H and O–H groups in total. The standard InChI is InChI=1S/C78H50BN5/c1-3-21-55(22-4-1)81-74-44-40-53(51-38-42-57(43-39-51)80-68-32-13-7-26-60(68)61-27-8-14-33-69(61)80)47-66(74)79-67-48-54(52-20-19-25-58(46-52)83-70-34-15-9-28-62(70)63-29-10-16-35-71(63)83)41-45-75(67)82(56-23-5-2-6-24-56)77-50-59(49-76(81)78(77)79)84-72-36-17-11-30-64(72)65-31-12-18-37-73(65)84/h1-50H. The van der Waals surface area contributed by atoms with Crippen LogP contribution < -0.4 is 26.2 Å². The smallest absolute Gasteiger partial charge is 0.252 e. The Morgan fingerprint density at radius 2 is 0.536 bits per heavy atom. The van der Waals surface area contributed by atoms with Crippen molar-refractivity contribution < 1.29 is 0 Å². The fourth-order valence-electron chi connectivity index (χ4n) is 14.4. The van der Waals surface area contributed by atoms with Gasteiger partial charge in [0, 0.05) is 77.8 Å². The molecule has 0 saturated carbocycles. The number of para-hydroxylation sites is 8. The Kier molecular flexibility index (Phi) is 10.1. The molecule has 6 heteroatoms. The Morgan fingerprint density at radius 3 is 0.964 bits per heavy atom. The van der Waals surface area contributed by atoms with Gasteiger partial charge in [-0.15, -0.1) is 0 Å². The quantitative estimate of drug-likeness (QED) is 0.148. The van der Waals surface area contributed by atoms with Gasteiger partial charge in [0.15, 0.2) is 0 Å². The molecule has 2 aliphatic heterocycles. The second-order valence-electron chi connectivity index (χ2n) is 22.4. The van der Waals surface area contributed by atoms with Gasteiger partial charge in [-0.05, 0) is 148 Å². The number of rotatable bonds is 7. The summed E-state index contributed by atoms with van der Waals surface area (Å²) in [6.07, 6.45) is 0. The normalized spacial score (nSPS) is 12.7. The van der Waals surface area contributed by atoms with Crippen LogP contribution in [-0.4, -0.2) is 20.4 Å². The maximum Gasteiger partial charge on any atom is 0.252 e. The van der Waals surface area contributed by atoms with E-state index >= 15 is 0 Å². The highest BCUT2D eigenvalue weighted by Crippen LogP contribution is 2.48. The molecule has 0 spiro atoms. The van der Waals surface area contributed by atoms with E-state index in [0.717, 1.165) is 56.7 Å². The number of anilines is 6. The lowest BCUT2D eigenvalue weighted by molar-refractivity contribution is 1.16. The van der Waals surface area contributed by atoms with Crippen molar-refractivity contribution in [3.05, 3.63) is 303 Å². The van der Waals surface area contributed by atoms with E-state index in [0.29, 0.717) is 0 Å². The molecule has 18 rings (SSSR count). The first kappa shape index (κ1) is 46.7. The fourth-order valence-corrected chi connectivity index (χ4v) is 14.4. The van der Waals surface area contributed by atoms with E-state index in [2.05, 4.69) is 327 Å². The van der Waals surface area contributed by atoms with Crippen LogP contribution in [0, 0.1) is 0 Å². The molecule has 0 amide bonds. The van der Waals surface area contributed by atoms with Gasteiger partial charge in [-0.3, -0.25) is 0 Å². The third kappa shape index (κ3) is 6.85. The molecular weight excluding hydrogens is 1020 g/mol. The number of hydrogen-bond donors (Lipinski definition) is 0. The van der Waals surface area contributed by atoms with Gasteiger partial charge in [-0.1, -0.05) is 194 Å². The monoisotopic (exact) mass is 1070 g/mol. The van der Waals surface area contributed by atoms with Crippen LogP contribution in [0.15, 0.2) is 303 Å². The molecule has 0 fully saturated rings. The molecule has 0 aliphatic carbocycles. The van der Waals surface area contributed by atoms with Gasteiger partial charge in [0.05, 0.1) is 38.8 Å². The molecule has 2 aliphatic rings. The van der Waals surface area contributed by atoms with Gasteiger partial charge in [-0.2, -0.15) is 0 Å². The van der Waals surface area contributed by atoms with E-state index in [4.69, 9.17) is 0 Å². The Balaban J connectivity index is 0.885. The average molecular weight is 1070 g/mol. The largest absolute Gasteiger partial charge is 0.311 e. The van der Waals surface area contributed by atoms with Crippen LogP contribution in [0.2, 0.25) is 0 Å². The predicted octanol–water partition coefficient (Wildman–Crippen LogP) is 18.4. The SMILES string of the molecule is c1ccc(N2c3ccc(-c4ccc(-n5c6ccccc6c6ccccc65)cc4)cc3B3c4cc(-c5cccc(-n6c7ccccc7c7ccccc76)c5)ccc4N(c4ccccc4)c4cc(-n5c6ccccc6c6ccccc65)cc2c43)cc1. The van der Waals surface area contributed by atoms with Gasteiger partial charge in [0.1, 0.15) is 0 Å². The number of aromatic nitrogens is 3. The third-order valence-corrected chi connectivity index (χ3v) is 18.0. The van der Waals surface area contributed by atoms with Crippen molar-refractivity contribution in [2.45, 2.75) is 0 Å². The number of nitrogens with zero attached hydrogens (tertiary/aromatic N) is 5. The lowest BCUT2D eigenvalue weighted by atomic mass is 9.33. The van der Waals surface area contributed by atoms with Crippen LogP contribution in [-0.2, 0) is 0 Å². The van der Waals surface area contributed by atoms with Crippen LogP contribution in [0.25, 0.3) is 105 Å². The first-order valence-corrected chi connectivity index (χ1v) is 29.0. The maximum atomic E-state index is 2.53. The third-order valence-electron chi connectivity index (χ3n) is 18.0. The molecule has 5 nitrogen and oxygen atoms in total. The zero-order chi connectivity index (χ0) is 55.0. The van der Waals surface area contributed by atoms with Gasteiger partial charge in [0.25, 0.3) is 6.71 Å². The summed E-state index contributed by atoms with van der Waals surface area (Å²) in [4.78, 5) is 5.07. The van der Waals surface area contributed by atoms with Crippen LogP contribution in [0.5, 0.6) is 0 Å². The van der Waals surface area contributed by atoms with Gasteiger partial charge in [0.2, 0.25) is 0 Å². The molecular formula is C78H50BN5. The van der Waals surface area contributed by atoms with E-state index in [1.165, 1.54) is 98.5 Å². The summed E-state index contributed by atoms with van der Waals surface area (Å²) >= 11 is 0. The van der Waals surface area contributed by atoms with Crippen molar-refractivity contribution in [2.24, 2.45) is 0 Å². The molecule has 3 aromatic heterocycles. The summed E-state index contributed by atoms with van der Waals surface area (Å²) < 4.78 is 7.31. The molecule has 0 unspecified atom stereocenters. The summed E-state index contributed by atoms with van der Waals surface area (Å²) in [5.74, 6) is 0. The highest BCUT2D eigenvalue weighted by Gasteiger charge is 2.44. The van der Waals surface area contributed by atoms with Crippen LogP contribution in [0.4, 0.5) is 34.1 Å². The predicted molar refractivity (Wildman–Crippen MR) is 354 cm³/mol. The number of fused-ring (bicyclic) bond motifs is 13. The second kappa shape index (κ2) is 18.2. The molecule has 0 bridgehead atoms. The van der Waals surface area contributed by atoms with E-state index in [1.54, 1.807) is 0 Å². The minimum Gasteiger partial charge on any atom is -0.311 e. The van der Waals surface area contributed by atoms with Gasteiger partial charge >= 0.3 is 0 Å². The molecule has 13 aromatic carbocycles. The summed E-state index contributed by atoms with van der Waals surface area (Å²) in [5.41, 5.74) is 25.8. The van der Waals surface area contributed by atoms with Crippen LogP contribution in [0.1, 0.15) is 0 Å². The van der Waals surface area contributed by atoms with Gasteiger partial charge < -0.3 is 23.5 Å². The second-order valence-corrected chi connectivity index (χ2v) is 22.4. The van der Waals surface area contributed by atoms with E-state index in [-0.39, 0.29) is 6.71 Å². The summed E-state index contributed by atoms with van der Waals surface area (Å²) in [6, 6.07) is 112. The molecule has 16 aromatic rings. The zero-order valence-corrected chi connectivity index (χ0v) is 45.7. The van der Waals surface area contributed by atoms with E-state index in [9.17, 15) is 0 Å². The van der Waals surface area contributed by atoms with Crippen molar-refractivity contribution in [1.82, 2.24) is 13.7 Å². The molecule has 84 heavy (non-hydrogen) atoms. The van der Waals surface area contributed by atoms with Crippen molar-refractivity contribution >= 4 is 123 Å². The number of benzene rings is 13. The first-order chi connectivity index (χ1) is 41.7. The molecule has 390 valence electrons. The van der Waals surface area contributed by atoms with Crippen molar-refractivity contribution in [3.63, 3.8) is 0 Å². The van der Waals surface area contributed by atoms with Crippen LogP contribution >= 0.6 is 0 Å². The summed E-state index contributed by atoms with van der Waals surface area (Å²) in [7, 11) is 0. The Labute approximate surface area is 486 Å². The van der Waals surface area contributed by atoms with Crippen molar-refractivity contribution in [1.29, 1.82) is 0 Å². The fraction of sp³-hybridized carbons (Fsp3) is 0.